The fourth-order valence-corrected chi connectivity index (χ4v) is 2.23. The smallest absolute Gasteiger partial charge is 0.237 e. The van der Waals surface area contributed by atoms with Crippen LogP contribution in [-0.2, 0) is 9.59 Å². The van der Waals surface area contributed by atoms with Crippen molar-refractivity contribution in [2.45, 2.75) is 26.7 Å². The third-order valence-electron chi connectivity index (χ3n) is 3.39. The van der Waals surface area contributed by atoms with E-state index in [1.807, 2.05) is 13.8 Å². The van der Waals surface area contributed by atoms with Crippen LogP contribution in [0.15, 0.2) is 0 Å². The summed E-state index contributed by atoms with van der Waals surface area (Å²) in [6.45, 7) is 6.02. The second-order valence-corrected chi connectivity index (χ2v) is 4.35. The maximum absolute atomic E-state index is 12.3. The predicted octanol–water partition coefficient (Wildman–Crippen LogP) is -0.290. The zero-order valence-corrected chi connectivity index (χ0v) is 10.1. The molecule has 5 nitrogen and oxygen atoms in total. The van der Waals surface area contributed by atoms with Gasteiger partial charge in [-0.25, -0.2) is 0 Å². The highest BCUT2D eigenvalue weighted by Gasteiger charge is 2.41. The molecule has 0 saturated carbocycles. The molecule has 1 aliphatic rings. The second-order valence-electron chi connectivity index (χ2n) is 4.35. The van der Waals surface area contributed by atoms with Crippen LogP contribution in [0.25, 0.3) is 0 Å². The number of nitrogens with two attached hydrogens (primary N) is 1. The van der Waals surface area contributed by atoms with Crippen molar-refractivity contribution in [3.05, 3.63) is 0 Å². The summed E-state index contributed by atoms with van der Waals surface area (Å²) >= 11 is 0. The summed E-state index contributed by atoms with van der Waals surface area (Å²) in [7, 11) is 0. The van der Waals surface area contributed by atoms with Gasteiger partial charge in [-0.15, -0.1) is 0 Å². The van der Waals surface area contributed by atoms with E-state index < -0.39 is 5.91 Å². The first kappa shape index (κ1) is 13.0. The van der Waals surface area contributed by atoms with Gasteiger partial charge in [-0.2, -0.15) is 0 Å². The van der Waals surface area contributed by atoms with Gasteiger partial charge in [-0.05, 0) is 26.3 Å². The minimum atomic E-state index is -0.451. The molecule has 2 amide bonds. The van der Waals surface area contributed by atoms with E-state index in [2.05, 4.69) is 5.32 Å². The van der Waals surface area contributed by atoms with Crippen molar-refractivity contribution in [2.24, 2.45) is 11.1 Å². The normalized spacial score (nSPS) is 24.4. The highest BCUT2D eigenvalue weighted by atomic mass is 16.2. The summed E-state index contributed by atoms with van der Waals surface area (Å²) in [5, 5.41) is 3.21. The van der Waals surface area contributed by atoms with Gasteiger partial charge in [0.1, 0.15) is 0 Å². The number of carbonyl (C=O) groups excluding carboxylic acids is 2. The number of carbonyl (C=O) groups is 2. The zero-order chi connectivity index (χ0) is 12.2. The Hall–Kier alpha value is -1.10. The number of hydrogen-bond acceptors (Lipinski definition) is 3. The lowest BCUT2D eigenvalue weighted by Gasteiger charge is -2.31. The Morgan fingerprint density at radius 2 is 2.12 bits per heavy atom. The number of amides is 2. The van der Waals surface area contributed by atoms with Crippen LogP contribution >= 0.6 is 0 Å². The molecular formula is C11H21N3O2. The number of primary amides is 1. The Kier molecular flexibility index (Phi) is 4.29. The number of hydrogen-bond donors (Lipinski definition) is 2. The van der Waals surface area contributed by atoms with Crippen LogP contribution in [0.5, 0.6) is 0 Å². The lowest BCUT2D eigenvalue weighted by Crippen LogP contribution is -2.47. The predicted molar refractivity (Wildman–Crippen MR) is 61.7 cm³/mol. The molecular weight excluding hydrogens is 206 g/mol. The van der Waals surface area contributed by atoms with Crippen molar-refractivity contribution in [1.29, 1.82) is 0 Å². The third-order valence-corrected chi connectivity index (χ3v) is 3.39. The molecule has 0 radical (unpaired) electrons. The van der Waals surface area contributed by atoms with Crippen molar-refractivity contribution in [2.75, 3.05) is 26.2 Å². The van der Waals surface area contributed by atoms with E-state index in [-0.39, 0.29) is 17.9 Å². The van der Waals surface area contributed by atoms with E-state index in [1.54, 1.807) is 4.90 Å². The second kappa shape index (κ2) is 5.30. The molecule has 1 fully saturated rings. The summed E-state index contributed by atoms with van der Waals surface area (Å²) in [5.74, 6) is -0.395. The van der Waals surface area contributed by atoms with Gasteiger partial charge in [-0.3, -0.25) is 9.59 Å². The van der Waals surface area contributed by atoms with Crippen molar-refractivity contribution in [1.82, 2.24) is 10.2 Å². The third kappa shape index (κ3) is 2.52. The highest BCUT2D eigenvalue weighted by Crippen LogP contribution is 2.31. The van der Waals surface area contributed by atoms with Crippen LogP contribution in [0.1, 0.15) is 26.7 Å². The summed E-state index contributed by atoms with van der Waals surface area (Å²) < 4.78 is 0. The molecule has 1 atom stereocenters. The summed E-state index contributed by atoms with van der Waals surface area (Å²) in [5.41, 5.74) is 4.81. The summed E-state index contributed by atoms with van der Waals surface area (Å²) in [4.78, 5) is 24.8. The first-order valence-electron chi connectivity index (χ1n) is 5.84. The first-order valence-corrected chi connectivity index (χ1v) is 5.84. The Morgan fingerprint density at radius 3 is 2.50 bits per heavy atom. The first-order chi connectivity index (χ1) is 7.55. The molecule has 0 aromatic carbocycles. The minimum Gasteiger partial charge on any atom is -0.368 e. The fraction of sp³-hybridized carbons (Fsp3) is 0.818. The number of nitrogens with one attached hydrogen (secondary N) is 1. The molecule has 0 aromatic rings. The molecule has 1 aliphatic heterocycles. The molecule has 0 aromatic heterocycles. The zero-order valence-electron chi connectivity index (χ0n) is 10.1. The molecule has 1 heterocycles. The van der Waals surface area contributed by atoms with E-state index in [0.717, 1.165) is 19.4 Å². The van der Waals surface area contributed by atoms with Gasteiger partial charge in [0.25, 0.3) is 0 Å². The standard InChI is InChI=1S/C11H21N3O2/c1-3-11(5-6-13-8-11)10(16)14(4-2)7-9(12)15/h13H,3-8H2,1-2H3,(H2,12,15). The van der Waals surface area contributed by atoms with Crippen molar-refractivity contribution in [3.8, 4) is 0 Å². The average Bonchev–Trinajstić information content (AvgIpc) is 2.74. The van der Waals surface area contributed by atoms with Crippen LogP contribution in [0.4, 0.5) is 0 Å². The highest BCUT2D eigenvalue weighted by molar-refractivity contribution is 5.87. The molecule has 3 N–H and O–H groups in total. The van der Waals surface area contributed by atoms with Crippen LogP contribution in [0, 0.1) is 5.41 Å². The lowest BCUT2D eigenvalue weighted by molar-refractivity contribution is -0.143. The monoisotopic (exact) mass is 227 g/mol. The Bertz CT molecular complexity index is 272. The molecule has 0 aliphatic carbocycles. The molecule has 1 unspecified atom stereocenters. The van der Waals surface area contributed by atoms with Crippen LogP contribution in [-0.4, -0.2) is 42.9 Å². The summed E-state index contributed by atoms with van der Waals surface area (Å²) in [6.07, 6.45) is 1.64. The van der Waals surface area contributed by atoms with Gasteiger partial charge in [0, 0.05) is 13.1 Å². The lowest BCUT2D eigenvalue weighted by atomic mass is 9.82. The van der Waals surface area contributed by atoms with E-state index in [9.17, 15) is 9.59 Å². The Balaban J connectivity index is 2.76. The van der Waals surface area contributed by atoms with E-state index in [4.69, 9.17) is 5.73 Å². The molecule has 1 saturated heterocycles. The van der Waals surface area contributed by atoms with Gasteiger partial charge in [0.05, 0.1) is 12.0 Å². The molecule has 16 heavy (non-hydrogen) atoms. The Morgan fingerprint density at radius 1 is 1.44 bits per heavy atom. The largest absolute Gasteiger partial charge is 0.368 e. The van der Waals surface area contributed by atoms with Crippen molar-refractivity contribution in [3.63, 3.8) is 0 Å². The average molecular weight is 227 g/mol. The maximum atomic E-state index is 12.3. The van der Waals surface area contributed by atoms with E-state index in [0.29, 0.717) is 13.1 Å². The Labute approximate surface area is 96.4 Å². The van der Waals surface area contributed by atoms with Gasteiger partial charge >= 0.3 is 0 Å². The molecule has 1 rings (SSSR count). The fourth-order valence-electron chi connectivity index (χ4n) is 2.23. The van der Waals surface area contributed by atoms with Crippen LogP contribution in [0.3, 0.4) is 0 Å². The molecule has 92 valence electrons. The van der Waals surface area contributed by atoms with Gasteiger partial charge < -0.3 is 16.0 Å². The quantitative estimate of drug-likeness (QED) is 0.677. The number of nitrogens with zero attached hydrogens (tertiary/aromatic N) is 1. The van der Waals surface area contributed by atoms with Crippen LogP contribution < -0.4 is 11.1 Å². The van der Waals surface area contributed by atoms with Gasteiger partial charge in [-0.1, -0.05) is 6.92 Å². The number of likely N-dealkylation sites (N-methyl/N-ethyl adjacent to an activating group) is 1. The van der Waals surface area contributed by atoms with Crippen LogP contribution in [0.2, 0.25) is 0 Å². The van der Waals surface area contributed by atoms with Gasteiger partial charge in [0.15, 0.2) is 0 Å². The van der Waals surface area contributed by atoms with Crippen molar-refractivity contribution < 1.29 is 9.59 Å². The molecule has 0 bridgehead atoms. The van der Waals surface area contributed by atoms with Crippen molar-refractivity contribution >= 4 is 11.8 Å². The maximum Gasteiger partial charge on any atom is 0.237 e. The summed E-state index contributed by atoms with van der Waals surface area (Å²) in [6, 6.07) is 0. The van der Waals surface area contributed by atoms with Gasteiger partial charge in [0.2, 0.25) is 11.8 Å². The molecule has 0 spiro atoms. The topological polar surface area (TPSA) is 75.4 Å². The minimum absolute atomic E-state index is 0.0249. The van der Waals surface area contributed by atoms with E-state index >= 15 is 0 Å². The number of rotatable bonds is 5. The SMILES string of the molecule is CCN(CC(N)=O)C(=O)C1(CC)CCNC1. The molecule has 5 heteroatoms. The van der Waals surface area contributed by atoms with E-state index in [1.165, 1.54) is 0 Å².